The molecule has 116 valence electrons. The first-order valence-corrected chi connectivity index (χ1v) is 6.85. The zero-order chi connectivity index (χ0) is 13.9. The molecule has 3 aliphatic rings. The Balaban J connectivity index is 0.00000132. The number of nitrogens with one attached hydrogen (secondary N) is 1. The summed E-state index contributed by atoms with van der Waals surface area (Å²) >= 11 is 0. The predicted molar refractivity (Wildman–Crippen MR) is 75.8 cm³/mol. The SMILES string of the molecule is Cl.O[C@@H]1[C@H](O)[C@@H](O)C[C@@H]2c3cc4c(cc3CN[C@@H]12)OCO4. The minimum atomic E-state index is -1.10. The van der Waals surface area contributed by atoms with E-state index in [-0.39, 0.29) is 31.2 Å². The van der Waals surface area contributed by atoms with Gasteiger partial charge < -0.3 is 30.1 Å². The van der Waals surface area contributed by atoms with E-state index in [1.807, 2.05) is 12.1 Å². The maximum atomic E-state index is 10.1. The Morgan fingerprint density at radius 3 is 2.52 bits per heavy atom. The van der Waals surface area contributed by atoms with E-state index in [1.54, 1.807) is 0 Å². The van der Waals surface area contributed by atoms with Crippen LogP contribution in [0.4, 0.5) is 0 Å². The molecule has 1 saturated carbocycles. The van der Waals surface area contributed by atoms with Crippen LogP contribution < -0.4 is 14.8 Å². The largest absolute Gasteiger partial charge is 0.454 e. The second kappa shape index (κ2) is 5.30. The molecule has 5 atom stereocenters. The van der Waals surface area contributed by atoms with Crippen LogP contribution in [0.2, 0.25) is 0 Å². The smallest absolute Gasteiger partial charge is 0.231 e. The summed E-state index contributed by atoms with van der Waals surface area (Å²) in [5.74, 6) is 1.40. The summed E-state index contributed by atoms with van der Waals surface area (Å²) in [7, 11) is 0. The molecule has 0 unspecified atom stereocenters. The number of aliphatic hydroxyl groups excluding tert-OH is 3. The molecule has 4 N–H and O–H groups in total. The summed E-state index contributed by atoms with van der Waals surface area (Å²) in [6.45, 7) is 0.830. The molecule has 0 aromatic heterocycles. The van der Waals surface area contributed by atoms with Gasteiger partial charge in [-0.25, -0.2) is 0 Å². The van der Waals surface area contributed by atoms with E-state index >= 15 is 0 Å². The molecule has 0 spiro atoms. The summed E-state index contributed by atoms with van der Waals surface area (Å²) in [5, 5.41) is 33.1. The summed E-state index contributed by atoms with van der Waals surface area (Å²) in [5.41, 5.74) is 2.15. The average Bonchev–Trinajstić information content (AvgIpc) is 2.90. The fourth-order valence-corrected chi connectivity index (χ4v) is 3.53. The van der Waals surface area contributed by atoms with Crippen molar-refractivity contribution in [2.45, 2.75) is 43.2 Å². The topological polar surface area (TPSA) is 91.2 Å². The van der Waals surface area contributed by atoms with Crippen molar-refractivity contribution < 1.29 is 24.8 Å². The van der Waals surface area contributed by atoms with E-state index in [9.17, 15) is 15.3 Å². The van der Waals surface area contributed by atoms with E-state index in [0.717, 1.165) is 16.9 Å². The number of hydrogen-bond donors (Lipinski definition) is 4. The van der Waals surface area contributed by atoms with Crippen LogP contribution in [0.25, 0.3) is 0 Å². The fourth-order valence-electron chi connectivity index (χ4n) is 3.53. The Labute approximate surface area is 128 Å². The molecule has 0 saturated heterocycles. The second-order valence-electron chi connectivity index (χ2n) is 5.70. The molecule has 4 rings (SSSR count). The molecule has 0 amide bonds. The zero-order valence-electron chi connectivity index (χ0n) is 11.2. The highest BCUT2D eigenvalue weighted by atomic mass is 35.5. The molecule has 0 bridgehead atoms. The van der Waals surface area contributed by atoms with E-state index < -0.39 is 18.3 Å². The van der Waals surface area contributed by atoms with Gasteiger partial charge in [0, 0.05) is 18.5 Å². The number of hydrogen-bond acceptors (Lipinski definition) is 6. The molecule has 1 aliphatic carbocycles. The third-order valence-corrected chi connectivity index (χ3v) is 4.60. The summed E-state index contributed by atoms with van der Waals surface area (Å²) in [4.78, 5) is 0. The van der Waals surface area contributed by atoms with Gasteiger partial charge in [-0.1, -0.05) is 0 Å². The molecule has 1 aromatic rings. The lowest BCUT2D eigenvalue weighted by Crippen LogP contribution is -2.59. The molecule has 1 aromatic carbocycles. The molecule has 2 aliphatic heterocycles. The Morgan fingerprint density at radius 1 is 1.05 bits per heavy atom. The summed E-state index contributed by atoms with van der Waals surface area (Å²) in [6, 6.07) is 3.64. The van der Waals surface area contributed by atoms with Crippen molar-refractivity contribution in [3.63, 3.8) is 0 Å². The minimum absolute atomic E-state index is 0. The van der Waals surface area contributed by atoms with Crippen LogP contribution in [0, 0.1) is 0 Å². The summed E-state index contributed by atoms with van der Waals surface area (Å²) in [6.07, 6.45) is -2.56. The Bertz CT molecular complexity index is 554. The van der Waals surface area contributed by atoms with Crippen molar-refractivity contribution in [2.24, 2.45) is 0 Å². The van der Waals surface area contributed by atoms with Crippen molar-refractivity contribution in [2.75, 3.05) is 6.79 Å². The number of fused-ring (bicyclic) bond motifs is 4. The lowest BCUT2D eigenvalue weighted by molar-refractivity contribution is -0.107. The summed E-state index contributed by atoms with van der Waals surface area (Å²) < 4.78 is 10.8. The maximum Gasteiger partial charge on any atom is 0.231 e. The highest BCUT2D eigenvalue weighted by Gasteiger charge is 2.45. The van der Waals surface area contributed by atoms with Crippen LogP contribution in [0.1, 0.15) is 23.5 Å². The quantitative estimate of drug-likeness (QED) is 0.533. The van der Waals surface area contributed by atoms with Gasteiger partial charge in [-0.15, -0.1) is 12.4 Å². The van der Waals surface area contributed by atoms with Crippen molar-refractivity contribution in [3.05, 3.63) is 23.3 Å². The van der Waals surface area contributed by atoms with E-state index in [1.165, 1.54) is 0 Å². The average molecular weight is 316 g/mol. The normalized spacial score (nSPS) is 36.4. The first-order valence-electron chi connectivity index (χ1n) is 6.85. The minimum Gasteiger partial charge on any atom is -0.454 e. The van der Waals surface area contributed by atoms with Gasteiger partial charge in [0.1, 0.15) is 6.10 Å². The van der Waals surface area contributed by atoms with Crippen LogP contribution in [0.3, 0.4) is 0 Å². The van der Waals surface area contributed by atoms with Gasteiger partial charge in [0.15, 0.2) is 11.5 Å². The molecule has 1 fully saturated rings. The monoisotopic (exact) mass is 315 g/mol. The van der Waals surface area contributed by atoms with E-state index in [2.05, 4.69) is 5.32 Å². The molecule has 0 radical (unpaired) electrons. The van der Waals surface area contributed by atoms with Crippen molar-refractivity contribution >= 4 is 12.4 Å². The van der Waals surface area contributed by atoms with E-state index in [0.29, 0.717) is 18.7 Å². The molecular weight excluding hydrogens is 298 g/mol. The molecule has 7 heteroatoms. The van der Waals surface area contributed by atoms with Crippen LogP contribution >= 0.6 is 12.4 Å². The van der Waals surface area contributed by atoms with Crippen LogP contribution in [0.5, 0.6) is 11.5 Å². The molecule has 21 heavy (non-hydrogen) atoms. The fraction of sp³-hybridized carbons (Fsp3) is 0.571. The van der Waals surface area contributed by atoms with Crippen LogP contribution in [0.15, 0.2) is 12.1 Å². The van der Waals surface area contributed by atoms with Crippen molar-refractivity contribution in [1.82, 2.24) is 5.32 Å². The number of rotatable bonds is 0. The number of aliphatic hydroxyl groups is 3. The highest BCUT2D eigenvalue weighted by molar-refractivity contribution is 5.85. The Hall–Kier alpha value is -1.05. The first-order chi connectivity index (χ1) is 9.65. The number of ether oxygens (including phenoxy) is 2. The molecule has 6 nitrogen and oxygen atoms in total. The predicted octanol–water partition coefficient (Wildman–Crippen LogP) is -0.121. The van der Waals surface area contributed by atoms with Gasteiger partial charge >= 0.3 is 0 Å². The highest BCUT2D eigenvalue weighted by Crippen LogP contribution is 2.43. The van der Waals surface area contributed by atoms with Gasteiger partial charge in [-0.2, -0.15) is 0 Å². The van der Waals surface area contributed by atoms with Gasteiger partial charge in [0.05, 0.1) is 12.2 Å². The van der Waals surface area contributed by atoms with Gasteiger partial charge in [-0.3, -0.25) is 0 Å². The molecular formula is C14H18ClNO5. The molecule has 2 heterocycles. The maximum absolute atomic E-state index is 10.1. The third-order valence-electron chi connectivity index (χ3n) is 4.60. The van der Waals surface area contributed by atoms with Crippen molar-refractivity contribution in [1.29, 1.82) is 0 Å². The lowest BCUT2D eigenvalue weighted by atomic mass is 9.72. The first kappa shape index (κ1) is 14.9. The standard InChI is InChI=1S/C14H17NO5.ClH/c16-9-2-8-7-3-11-10(19-5-20-11)1-6(7)4-15-12(8)14(18)13(9)17;/h1,3,8-9,12-18H,2,4-5H2;1H/t8-,9+,12-,13-,14+;/m1./s1. The number of halogens is 1. The second-order valence-corrected chi connectivity index (χ2v) is 5.70. The van der Waals surface area contributed by atoms with Crippen LogP contribution in [-0.4, -0.2) is 46.5 Å². The number of benzene rings is 1. The third kappa shape index (κ3) is 2.18. The van der Waals surface area contributed by atoms with Gasteiger partial charge in [-0.05, 0) is 29.7 Å². The van der Waals surface area contributed by atoms with E-state index in [4.69, 9.17) is 9.47 Å². The van der Waals surface area contributed by atoms with Crippen LogP contribution in [-0.2, 0) is 6.54 Å². The Kier molecular flexibility index (Phi) is 3.75. The van der Waals surface area contributed by atoms with Gasteiger partial charge in [0.25, 0.3) is 0 Å². The Morgan fingerprint density at radius 2 is 1.76 bits per heavy atom. The lowest BCUT2D eigenvalue weighted by Gasteiger charge is -2.45. The zero-order valence-corrected chi connectivity index (χ0v) is 12.0. The van der Waals surface area contributed by atoms with Gasteiger partial charge in [0.2, 0.25) is 6.79 Å². The van der Waals surface area contributed by atoms with Crippen molar-refractivity contribution in [3.8, 4) is 11.5 Å².